The summed E-state index contributed by atoms with van der Waals surface area (Å²) in [5, 5.41) is 17.1. The van der Waals surface area contributed by atoms with Crippen LogP contribution in [-0.4, -0.2) is 39.0 Å². The third-order valence-corrected chi connectivity index (χ3v) is 4.02. The van der Waals surface area contributed by atoms with Crippen LogP contribution in [0.2, 0.25) is 0 Å². The number of nitrogens with zero attached hydrogens (tertiary/aromatic N) is 2. The molecule has 1 aromatic rings. The fourth-order valence-electron chi connectivity index (χ4n) is 1.83. The molecule has 0 amide bonds. The zero-order chi connectivity index (χ0) is 12.1. The van der Waals surface area contributed by atoms with Crippen molar-refractivity contribution in [3.63, 3.8) is 0 Å². The molecule has 1 rings (SSSR count). The Kier molecular flexibility index (Phi) is 5.31. The van der Waals surface area contributed by atoms with E-state index in [9.17, 15) is 5.11 Å². The molecule has 0 saturated heterocycles. The minimum Gasteiger partial charge on any atom is -0.395 e. The van der Waals surface area contributed by atoms with Crippen molar-refractivity contribution in [2.24, 2.45) is 7.05 Å². The van der Waals surface area contributed by atoms with Crippen LogP contribution in [0, 0.1) is 0 Å². The number of nitrogens with one attached hydrogen (secondary N) is 1. The molecule has 3 unspecified atom stereocenters. The number of thioether (sulfide) groups is 1. The highest BCUT2D eigenvalue weighted by atomic mass is 32.2. The van der Waals surface area contributed by atoms with Crippen LogP contribution >= 0.6 is 11.8 Å². The molecule has 0 radical (unpaired) electrons. The third-order valence-electron chi connectivity index (χ3n) is 2.86. The first-order valence-corrected chi connectivity index (χ1v) is 6.76. The molecular weight excluding hydrogens is 222 g/mol. The Morgan fingerprint density at radius 1 is 1.56 bits per heavy atom. The van der Waals surface area contributed by atoms with Crippen LogP contribution in [0.3, 0.4) is 0 Å². The van der Waals surface area contributed by atoms with E-state index >= 15 is 0 Å². The van der Waals surface area contributed by atoms with E-state index in [2.05, 4.69) is 24.3 Å². The molecule has 0 bridgehead atoms. The van der Waals surface area contributed by atoms with Gasteiger partial charge >= 0.3 is 0 Å². The lowest BCUT2D eigenvalue weighted by Gasteiger charge is -2.25. The van der Waals surface area contributed by atoms with Gasteiger partial charge in [-0.05, 0) is 26.2 Å². The standard InChI is InChI=1S/C11H21N3OS/c1-8(10-5-6-12-14(10)3)13-9(2)11(7-15)16-4/h5-6,8-9,11,13,15H,7H2,1-4H3. The van der Waals surface area contributed by atoms with E-state index in [1.54, 1.807) is 18.0 Å². The highest BCUT2D eigenvalue weighted by Crippen LogP contribution is 2.16. The van der Waals surface area contributed by atoms with Crippen LogP contribution in [0.25, 0.3) is 0 Å². The van der Waals surface area contributed by atoms with Gasteiger partial charge in [0.1, 0.15) is 0 Å². The molecule has 1 heterocycles. The number of aliphatic hydroxyl groups excluding tert-OH is 1. The average Bonchev–Trinajstić information content (AvgIpc) is 2.66. The van der Waals surface area contributed by atoms with Crippen molar-refractivity contribution >= 4 is 11.8 Å². The zero-order valence-corrected chi connectivity index (χ0v) is 11.2. The Labute approximate surface area is 101 Å². The maximum atomic E-state index is 9.22. The number of hydrogen-bond acceptors (Lipinski definition) is 4. The Balaban J connectivity index is 2.57. The van der Waals surface area contributed by atoms with E-state index in [1.165, 1.54) is 0 Å². The predicted molar refractivity (Wildman–Crippen MR) is 68.6 cm³/mol. The normalized spacial score (nSPS) is 17.1. The highest BCUT2D eigenvalue weighted by Gasteiger charge is 2.18. The molecule has 1 aromatic heterocycles. The molecule has 92 valence electrons. The molecule has 0 saturated carbocycles. The Bertz CT molecular complexity index is 312. The smallest absolute Gasteiger partial charge is 0.0564 e. The van der Waals surface area contributed by atoms with Gasteiger partial charge < -0.3 is 10.4 Å². The van der Waals surface area contributed by atoms with Crippen LogP contribution < -0.4 is 5.32 Å². The third kappa shape index (κ3) is 3.23. The summed E-state index contributed by atoms with van der Waals surface area (Å²) in [7, 11) is 1.94. The first-order chi connectivity index (χ1) is 7.60. The molecule has 2 N–H and O–H groups in total. The number of rotatable bonds is 6. The molecule has 0 aliphatic carbocycles. The van der Waals surface area contributed by atoms with E-state index in [-0.39, 0.29) is 23.9 Å². The summed E-state index contributed by atoms with van der Waals surface area (Å²) in [4.78, 5) is 0. The second-order valence-electron chi connectivity index (χ2n) is 4.01. The van der Waals surface area contributed by atoms with E-state index in [1.807, 2.05) is 24.1 Å². The van der Waals surface area contributed by atoms with Crippen molar-refractivity contribution in [1.82, 2.24) is 15.1 Å². The molecular formula is C11H21N3OS. The van der Waals surface area contributed by atoms with Gasteiger partial charge in [0.15, 0.2) is 0 Å². The molecule has 0 fully saturated rings. The van der Waals surface area contributed by atoms with Crippen LogP contribution in [0.4, 0.5) is 0 Å². The first kappa shape index (κ1) is 13.5. The Morgan fingerprint density at radius 2 is 2.25 bits per heavy atom. The number of aromatic nitrogens is 2. The van der Waals surface area contributed by atoms with Crippen molar-refractivity contribution in [1.29, 1.82) is 0 Å². The van der Waals surface area contributed by atoms with Crippen molar-refractivity contribution in [2.45, 2.75) is 31.2 Å². The molecule has 3 atom stereocenters. The van der Waals surface area contributed by atoms with Gasteiger partial charge in [-0.15, -0.1) is 0 Å². The first-order valence-electron chi connectivity index (χ1n) is 5.47. The molecule has 4 nitrogen and oxygen atoms in total. The van der Waals surface area contributed by atoms with Crippen molar-refractivity contribution in [3.05, 3.63) is 18.0 Å². The molecule has 0 spiro atoms. The van der Waals surface area contributed by atoms with E-state index in [0.29, 0.717) is 0 Å². The second kappa shape index (κ2) is 6.27. The quantitative estimate of drug-likeness (QED) is 0.788. The topological polar surface area (TPSA) is 50.1 Å². The summed E-state index contributed by atoms with van der Waals surface area (Å²) in [5.41, 5.74) is 1.16. The summed E-state index contributed by atoms with van der Waals surface area (Å²) in [6, 6.07) is 2.52. The van der Waals surface area contributed by atoms with Crippen LogP contribution in [0.1, 0.15) is 25.6 Å². The van der Waals surface area contributed by atoms with Crippen molar-refractivity contribution in [3.8, 4) is 0 Å². The number of hydrogen-bond donors (Lipinski definition) is 2. The fourth-order valence-corrected chi connectivity index (χ4v) is 2.47. The van der Waals surface area contributed by atoms with Gasteiger partial charge in [0.05, 0.1) is 12.3 Å². The van der Waals surface area contributed by atoms with Gasteiger partial charge in [0.2, 0.25) is 0 Å². The summed E-state index contributed by atoms with van der Waals surface area (Å²) >= 11 is 1.69. The van der Waals surface area contributed by atoms with Crippen molar-refractivity contribution in [2.75, 3.05) is 12.9 Å². The largest absolute Gasteiger partial charge is 0.395 e. The molecule has 0 aliphatic rings. The lowest BCUT2D eigenvalue weighted by atomic mass is 10.1. The van der Waals surface area contributed by atoms with Gasteiger partial charge in [-0.25, -0.2) is 0 Å². The van der Waals surface area contributed by atoms with E-state index in [0.717, 1.165) is 5.69 Å². The summed E-state index contributed by atoms with van der Waals surface area (Å²) in [6.45, 7) is 4.42. The number of aliphatic hydroxyl groups is 1. The Morgan fingerprint density at radius 3 is 2.69 bits per heavy atom. The minimum absolute atomic E-state index is 0.202. The average molecular weight is 243 g/mol. The van der Waals surface area contributed by atoms with Crippen LogP contribution in [-0.2, 0) is 7.05 Å². The van der Waals surface area contributed by atoms with Crippen LogP contribution in [0.5, 0.6) is 0 Å². The van der Waals surface area contributed by atoms with Gasteiger partial charge in [0.25, 0.3) is 0 Å². The van der Waals surface area contributed by atoms with Gasteiger partial charge in [-0.2, -0.15) is 16.9 Å². The SMILES string of the molecule is CSC(CO)C(C)NC(C)c1ccnn1C. The van der Waals surface area contributed by atoms with Crippen molar-refractivity contribution < 1.29 is 5.11 Å². The predicted octanol–water partition coefficient (Wildman–Crippen LogP) is 1.18. The second-order valence-corrected chi connectivity index (χ2v) is 5.09. The molecule has 0 aliphatic heterocycles. The summed E-state index contributed by atoms with van der Waals surface area (Å²) in [6.07, 6.45) is 3.82. The Hall–Kier alpha value is -0.520. The van der Waals surface area contributed by atoms with Crippen LogP contribution in [0.15, 0.2) is 12.3 Å². The maximum Gasteiger partial charge on any atom is 0.0564 e. The highest BCUT2D eigenvalue weighted by molar-refractivity contribution is 7.99. The number of aryl methyl sites for hydroxylation is 1. The van der Waals surface area contributed by atoms with Gasteiger partial charge in [-0.1, -0.05) is 0 Å². The zero-order valence-electron chi connectivity index (χ0n) is 10.3. The lowest BCUT2D eigenvalue weighted by Crippen LogP contribution is -2.39. The van der Waals surface area contributed by atoms with E-state index < -0.39 is 0 Å². The van der Waals surface area contributed by atoms with E-state index in [4.69, 9.17) is 0 Å². The van der Waals surface area contributed by atoms with Gasteiger partial charge in [0, 0.05) is 30.6 Å². The monoisotopic (exact) mass is 243 g/mol. The lowest BCUT2D eigenvalue weighted by molar-refractivity contribution is 0.271. The molecule has 0 aromatic carbocycles. The molecule has 5 heteroatoms. The molecule has 16 heavy (non-hydrogen) atoms. The summed E-state index contributed by atoms with van der Waals surface area (Å²) in [5.74, 6) is 0. The maximum absolute atomic E-state index is 9.22. The minimum atomic E-state index is 0.202. The fraction of sp³-hybridized carbons (Fsp3) is 0.727. The van der Waals surface area contributed by atoms with Gasteiger partial charge in [-0.3, -0.25) is 4.68 Å². The summed E-state index contributed by atoms with van der Waals surface area (Å²) < 4.78 is 1.87.